The molecule has 0 saturated carbocycles. The fourth-order valence-electron chi connectivity index (χ4n) is 5.26. The topological polar surface area (TPSA) is 51.3 Å². The van der Waals surface area contributed by atoms with E-state index in [0.29, 0.717) is 12.3 Å². The quantitative estimate of drug-likeness (QED) is 0.703. The number of hydrogen-bond donors (Lipinski definition) is 3. The Hall–Kier alpha value is -2.11. The third-order valence-electron chi connectivity index (χ3n) is 6.92. The van der Waals surface area contributed by atoms with E-state index >= 15 is 0 Å². The van der Waals surface area contributed by atoms with Crippen LogP contribution in [0.1, 0.15) is 43.2 Å². The fourth-order valence-corrected chi connectivity index (χ4v) is 5.26. The molecule has 4 aliphatic rings. The van der Waals surface area contributed by atoms with Crippen molar-refractivity contribution >= 4 is 17.5 Å². The molecule has 5 heteroatoms. The number of halogens is 1. The van der Waals surface area contributed by atoms with Crippen LogP contribution >= 0.6 is 0 Å². The molecule has 3 heterocycles. The van der Waals surface area contributed by atoms with Gasteiger partial charge in [0.25, 0.3) is 0 Å². The SMILES string of the molecule is OC1CC=CC=C1c1c[nH]c2c1C=C(C1CC=C(F)C(CN3CCCC3)C1)CN2. The summed E-state index contributed by atoms with van der Waals surface area (Å²) in [6, 6.07) is 0. The molecule has 0 amide bonds. The second-order valence-corrected chi connectivity index (χ2v) is 8.83. The van der Waals surface area contributed by atoms with Crippen LogP contribution in [0.4, 0.5) is 10.2 Å². The number of aliphatic hydroxyl groups excluding tert-OH is 1. The Morgan fingerprint density at radius 2 is 2.07 bits per heavy atom. The van der Waals surface area contributed by atoms with Crippen LogP contribution in [0, 0.1) is 11.8 Å². The Bertz CT molecular complexity index is 888. The maximum absolute atomic E-state index is 14.5. The summed E-state index contributed by atoms with van der Waals surface area (Å²) in [6.07, 6.45) is 16.4. The molecule has 3 N–H and O–H groups in total. The lowest BCUT2D eigenvalue weighted by Gasteiger charge is -2.32. The van der Waals surface area contributed by atoms with Crippen molar-refractivity contribution in [3.63, 3.8) is 0 Å². The molecule has 1 aromatic rings. The molecule has 154 valence electrons. The zero-order valence-electron chi connectivity index (χ0n) is 16.8. The monoisotopic (exact) mass is 395 g/mol. The summed E-state index contributed by atoms with van der Waals surface area (Å²) in [4.78, 5) is 5.74. The lowest BCUT2D eigenvalue weighted by atomic mass is 9.79. The minimum absolute atomic E-state index is 0.0212. The summed E-state index contributed by atoms with van der Waals surface area (Å²) in [5, 5.41) is 13.9. The highest BCUT2D eigenvalue weighted by atomic mass is 19.1. The number of likely N-dealkylation sites (tertiary alicyclic amines) is 1. The molecule has 1 fully saturated rings. The zero-order valence-corrected chi connectivity index (χ0v) is 16.8. The molecule has 3 atom stereocenters. The summed E-state index contributed by atoms with van der Waals surface area (Å²) in [6.45, 7) is 3.87. The normalized spacial score (nSPS) is 29.7. The second-order valence-electron chi connectivity index (χ2n) is 8.83. The van der Waals surface area contributed by atoms with E-state index in [1.165, 1.54) is 18.4 Å². The summed E-state index contributed by atoms with van der Waals surface area (Å²) in [5.74, 6) is 1.49. The first-order valence-corrected chi connectivity index (χ1v) is 11.0. The maximum atomic E-state index is 14.5. The lowest BCUT2D eigenvalue weighted by molar-refractivity contribution is 0.235. The van der Waals surface area contributed by atoms with E-state index in [0.717, 1.165) is 61.5 Å². The van der Waals surface area contributed by atoms with Crippen LogP contribution in [0.25, 0.3) is 11.6 Å². The van der Waals surface area contributed by atoms with E-state index in [2.05, 4.69) is 21.3 Å². The number of hydrogen-bond acceptors (Lipinski definition) is 3. The van der Waals surface area contributed by atoms with Gasteiger partial charge in [0.2, 0.25) is 0 Å². The molecule has 3 unspecified atom stereocenters. The van der Waals surface area contributed by atoms with Gasteiger partial charge in [0.15, 0.2) is 0 Å². The fraction of sp³-hybridized carbons (Fsp3) is 0.500. The summed E-state index contributed by atoms with van der Waals surface area (Å²) < 4.78 is 14.5. The minimum atomic E-state index is -0.463. The van der Waals surface area contributed by atoms with E-state index in [9.17, 15) is 9.50 Å². The van der Waals surface area contributed by atoms with E-state index in [1.54, 1.807) is 0 Å². The van der Waals surface area contributed by atoms with Crippen molar-refractivity contribution in [1.29, 1.82) is 0 Å². The smallest absolute Gasteiger partial charge is 0.111 e. The van der Waals surface area contributed by atoms with Crippen molar-refractivity contribution in [3.05, 3.63) is 53.0 Å². The standard InChI is InChI=1S/C24H30FN3O/c25-22-8-7-16(11-18(22)15-28-9-3-4-10-28)17-12-20-21(14-27-24(20)26-13-17)19-5-1-2-6-23(19)29/h1-2,5,8,12,14,16,18,23,26-27,29H,3-4,6-7,9-11,13,15H2. The minimum Gasteiger partial charge on any atom is -0.388 e. The van der Waals surface area contributed by atoms with Crippen molar-refractivity contribution < 1.29 is 9.50 Å². The van der Waals surface area contributed by atoms with Gasteiger partial charge in [0.05, 0.1) is 6.10 Å². The second kappa shape index (κ2) is 7.96. The average Bonchev–Trinajstić information content (AvgIpc) is 3.39. The van der Waals surface area contributed by atoms with Crippen molar-refractivity contribution in [2.75, 3.05) is 31.5 Å². The number of nitrogens with one attached hydrogen (secondary N) is 2. The number of fused-ring (bicyclic) bond motifs is 1. The van der Waals surface area contributed by atoms with Crippen LogP contribution in [0.3, 0.4) is 0 Å². The first kappa shape index (κ1) is 18.9. The van der Waals surface area contributed by atoms with Crippen LogP contribution in [-0.4, -0.2) is 47.3 Å². The molecule has 1 saturated heterocycles. The number of anilines is 1. The highest BCUT2D eigenvalue weighted by Crippen LogP contribution is 2.40. The largest absolute Gasteiger partial charge is 0.388 e. The molecule has 29 heavy (non-hydrogen) atoms. The van der Waals surface area contributed by atoms with Crippen molar-refractivity contribution in [2.45, 2.75) is 38.2 Å². The molecule has 1 aromatic heterocycles. The van der Waals surface area contributed by atoms with Gasteiger partial charge >= 0.3 is 0 Å². The molecule has 0 bridgehead atoms. The molecule has 0 spiro atoms. The van der Waals surface area contributed by atoms with Crippen LogP contribution in [0.2, 0.25) is 0 Å². The van der Waals surface area contributed by atoms with Crippen molar-refractivity contribution in [3.8, 4) is 0 Å². The third kappa shape index (κ3) is 3.74. The van der Waals surface area contributed by atoms with Gasteiger partial charge in [-0.2, -0.15) is 0 Å². The maximum Gasteiger partial charge on any atom is 0.111 e. The number of aromatic nitrogens is 1. The molecule has 0 aromatic carbocycles. The first-order chi connectivity index (χ1) is 14.2. The predicted molar refractivity (Wildman–Crippen MR) is 116 cm³/mol. The zero-order chi connectivity index (χ0) is 19.8. The van der Waals surface area contributed by atoms with Crippen LogP contribution in [-0.2, 0) is 0 Å². The molecular weight excluding hydrogens is 365 g/mol. The van der Waals surface area contributed by atoms with E-state index in [4.69, 9.17) is 0 Å². The van der Waals surface area contributed by atoms with Crippen LogP contribution in [0.5, 0.6) is 0 Å². The molecule has 2 aliphatic carbocycles. The third-order valence-corrected chi connectivity index (χ3v) is 6.92. The van der Waals surface area contributed by atoms with Gasteiger partial charge in [0, 0.05) is 36.3 Å². The van der Waals surface area contributed by atoms with Gasteiger partial charge < -0.3 is 20.3 Å². The van der Waals surface area contributed by atoms with Gasteiger partial charge in [-0.05, 0) is 68.3 Å². The van der Waals surface area contributed by atoms with Gasteiger partial charge in [0.1, 0.15) is 11.6 Å². The van der Waals surface area contributed by atoms with E-state index in [-0.39, 0.29) is 11.7 Å². The van der Waals surface area contributed by atoms with Gasteiger partial charge in [-0.25, -0.2) is 4.39 Å². The van der Waals surface area contributed by atoms with Gasteiger partial charge in [-0.1, -0.05) is 24.3 Å². The Morgan fingerprint density at radius 1 is 1.21 bits per heavy atom. The Labute approximate surface area is 171 Å². The molecule has 5 rings (SSSR count). The number of rotatable bonds is 4. The Balaban J connectivity index is 1.38. The first-order valence-electron chi connectivity index (χ1n) is 11.0. The number of H-pyrrole nitrogens is 1. The lowest BCUT2D eigenvalue weighted by Crippen LogP contribution is -2.31. The van der Waals surface area contributed by atoms with Crippen molar-refractivity contribution in [1.82, 2.24) is 9.88 Å². The number of nitrogens with zero attached hydrogens (tertiary/aromatic N) is 1. The summed E-state index contributed by atoms with van der Waals surface area (Å²) in [5.41, 5.74) is 4.49. The van der Waals surface area contributed by atoms with E-state index in [1.807, 2.05) is 30.5 Å². The summed E-state index contributed by atoms with van der Waals surface area (Å²) >= 11 is 0. The highest BCUT2D eigenvalue weighted by Gasteiger charge is 2.31. The van der Waals surface area contributed by atoms with Crippen LogP contribution in [0.15, 0.2) is 41.9 Å². The molecule has 0 radical (unpaired) electrons. The Kier molecular flexibility index (Phi) is 5.18. The number of allylic oxidation sites excluding steroid dienone is 3. The van der Waals surface area contributed by atoms with Crippen molar-refractivity contribution in [2.24, 2.45) is 11.8 Å². The average molecular weight is 396 g/mol. The van der Waals surface area contributed by atoms with Gasteiger partial charge in [-0.15, -0.1) is 0 Å². The number of aromatic amines is 1. The van der Waals surface area contributed by atoms with Gasteiger partial charge in [-0.3, -0.25) is 0 Å². The highest BCUT2D eigenvalue weighted by molar-refractivity contribution is 5.85. The molecule has 2 aliphatic heterocycles. The summed E-state index contributed by atoms with van der Waals surface area (Å²) in [7, 11) is 0. The Morgan fingerprint density at radius 3 is 2.90 bits per heavy atom. The van der Waals surface area contributed by atoms with Crippen LogP contribution < -0.4 is 5.32 Å². The molecular formula is C24H30FN3O. The van der Waals surface area contributed by atoms with E-state index < -0.39 is 6.10 Å². The predicted octanol–water partition coefficient (Wildman–Crippen LogP) is 4.50. The number of aliphatic hydroxyl groups is 1. The molecule has 4 nitrogen and oxygen atoms in total.